The Morgan fingerprint density at radius 2 is 2.00 bits per heavy atom. The molecule has 1 saturated carbocycles. The number of hydrogen-bond donors (Lipinski definition) is 0. The molecule has 2 fully saturated rings. The summed E-state index contributed by atoms with van der Waals surface area (Å²) in [6.45, 7) is 2.85. The second kappa shape index (κ2) is 6.20. The Morgan fingerprint density at radius 3 is 2.57 bits per heavy atom. The summed E-state index contributed by atoms with van der Waals surface area (Å²) in [6, 6.07) is -0.509. The number of aryl methyl sites for hydroxylation is 1. The minimum Gasteiger partial charge on any atom is -0.341 e. The van der Waals surface area contributed by atoms with E-state index in [1.807, 2.05) is 0 Å². The topological polar surface area (TPSA) is 96.6 Å². The first-order valence-electron chi connectivity index (χ1n) is 7.89. The lowest BCUT2D eigenvalue weighted by atomic mass is 10.2. The number of amides is 1. The van der Waals surface area contributed by atoms with Gasteiger partial charge in [-0.3, -0.25) is 4.79 Å². The van der Waals surface area contributed by atoms with E-state index in [0.717, 1.165) is 12.8 Å². The van der Waals surface area contributed by atoms with Crippen LogP contribution in [-0.2, 0) is 14.8 Å². The van der Waals surface area contributed by atoms with E-state index in [9.17, 15) is 13.2 Å². The lowest BCUT2D eigenvalue weighted by molar-refractivity contribution is -0.131. The van der Waals surface area contributed by atoms with Crippen molar-refractivity contribution in [3.05, 3.63) is 11.7 Å². The van der Waals surface area contributed by atoms with Gasteiger partial charge in [-0.25, -0.2) is 8.42 Å². The van der Waals surface area contributed by atoms with E-state index < -0.39 is 16.1 Å². The van der Waals surface area contributed by atoms with Crippen molar-refractivity contribution in [1.29, 1.82) is 0 Å². The first kappa shape index (κ1) is 16.4. The Balaban J connectivity index is 1.78. The van der Waals surface area contributed by atoms with E-state index in [1.165, 1.54) is 10.6 Å². The van der Waals surface area contributed by atoms with Crippen LogP contribution in [0.15, 0.2) is 4.52 Å². The van der Waals surface area contributed by atoms with Crippen LogP contribution >= 0.6 is 0 Å². The largest absolute Gasteiger partial charge is 0.341 e. The zero-order chi connectivity index (χ0) is 16.6. The molecule has 3 rings (SSSR count). The van der Waals surface area contributed by atoms with Crippen LogP contribution in [0.5, 0.6) is 0 Å². The number of carbonyl (C=O) groups is 1. The van der Waals surface area contributed by atoms with Gasteiger partial charge in [-0.15, -0.1) is 0 Å². The Bertz CT molecular complexity index is 683. The number of hydrogen-bond acceptors (Lipinski definition) is 6. The molecule has 1 amide bonds. The molecule has 9 heteroatoms. The Labute approximate surface area is 135 Å². The van der Waals surface area contributed by atoms with Crippen molar-refractivity contribution in [3.63, 3.8) is 0 Å². The van der Waals surface area contributed by atoms with E-state index in [4.69, 9.17) is 4.52 Å². The smallest absolute Gasteiger partial charge is 0.245 e. The Morgan fingerprint density at radius 1 is 1.26 bits per heavy atom. The Kier molecular flexibility index (Phi) is 4.41. The van der Waals surface area contributed by atoms with Gasteiger partial charge in [-0.1, -0.05) is 5.16 Å². The molecule has 1 aromatic rings. The van der Waals surface area contributed by atoms with E-state index in [0.29, 0.717) is 43.6 Å². The summed E-state index contributed by atoms with van der Waals surface area (Å²) in [7, 11) is -3.43. The van der Waals surface area contributed by atoms with Gasteiger partial charge in [-0.05, 0) is 32.1 Å². The second-order valence-corrected chi connectivity index (χ2v) is 8.32. The van der Waals surface area contributed by atoms with Crippen molar-refractivity contribution < 1.29 is 17.7 Å². The van der Waals surface area contributed by atoms with Crippen molar-refractivity contribution in [2.45, 2.75) is 38.6 Å². The molecule has 2 aliphatic rings. The van der Waals surface area contributed by atoms with E-state index in [2.05, 4.69) is 10.1 Å². The maximum atomic E-state index is 12.3. The second-order valence-electron chi connectivity index (χ2n) is 6.39. The molecule has 1 saturated heterocycles. The molecule has 0 bridgehead atoms. The highest BCUT2D eigenvalue weighted by Gasteiger charge is 2.36. The number of carbonyl (C=O) groups excluding carboxylic acids is 1. The van der Waals surface area contributed by atoms with Gasteiger partial charge in [0.15, 0.2) is 5.82 Å². The Hall–Kier alpha value is -1.48. The van der Waals surface area contributed by atoms with Gasteiger partial charge in [0.2, 0.25) is 21.8 Å². The van der Waals surface area contributed by atoms with Gasteiger partial charge in [0, 0.05) is 26.1 Å². The van der Waals surface area contributed by atoms with Crippen LogP contribution in [0.3, 0.4) is 0 Å². The lowest BCUT2D eigenvalue weighted by Crippen LogP contribution is -2.38. The predicted octanol–water partition coefficient (Wildman–Crippen LogP) is 0.713. The van der Waals surface area contributed by atoms with Crippen LogP contribution in [0, 0.1) is 12.8 Å². The average Bonchev–Trinajstić information content (AvgIpc) is 3.21. The van der Waals surface area contributed by atoms with Crippen LogP contribution in [0.4, 0.5) is 0 Å². The fourth-order valence-corrected chi connectivity index (χ4v) is 4.02. The van der Waals surface area contributed by atoms with Crippen LogP contribution in [0.25, 0.3) is 0 Å². The highest BCUT2D eigenvalue weighted by molar-refractivity contribution is 7.88. The van der Waals surface area contributed by atoms with Crippen molar-refractivity contribution in [2.75, 3.05) is 25.9 Å². The van der Waals surface area contributed by atoms with Gasteiger partial charge >= 0.3 is 0 Å². The average molecular weight is 342 g/mol. The zero-order valence-electron chi connectivity index (χ0n) is 13.4. The molecule has 1 atom stereocenters. The van der Waals surface area contributed by atoms with Crippen molar-refractivity contribution in [1.82, 2.24) is 19.3 Å². The standard InChI is InChI=1S/C14H22N4O4S/c1-10-15-14(22-16-10)12-5-6-17(13(19)9-11-3-4-11)7-8-18(12)23(2,20)21/h11-12H,3-9H2,1-2H3. The molecular weight excluding hydrogens is 320 g/mol. The van der Waals surface area contributed by atoms with E-state index >= 15 is 0 Å². The summed E-state index contributed by atoms with van der Waals surface area (Å²) in [5.41, 5.74) is 0. The van der Waals surface area contributed by atoms with Gasteiger partial charge in [0.1, 0.15) is 6.04 Å². The summed E-state index contributed by atoms with van der Waals surface area (Å²) in [5, 5.41) is 3.75. The summed E-state index contributed by atoms with van der Waals surface area (Å²) < 4.78 is 30.8. The van der Waals surface area contributed by atoms with Crippen molar-refractivity contribution in [2.24, 2.45) is 5.92 Å². The molecule has 8 nitrogen and oxygen atoms in total. The molecule has 128 valence electrons. The first-order chi connectivity index (χ1) is 10.8. The summed E-state index contributed by atoms with van der Waals surface area (Å²) in [6.07, 6.45) is 4.46. The van der Waals surface area contributed by atoms with Gasteiger partial charge in [0.05, 0.1) is 6.26 Å². The molecule has 23 heavy (non-hydrogen) atoms. The van der Waals surface area contributed by atoms with Crippen LogP contribution in [-0.4, -0.2) is 59.6 Å². The molecular formula is C14H22N4O4S. The summed E-state index contributed by atoms with van der Waals surface area (Å²) >= 11 is 0. The molecule has 0 N–H and O–H groups in total. The number of sulfonamides is 1. The summed E-state index contributed by atoms with van der Waals surface area (Å²) in [4.78, 5) is 18.3. The maximum Gasteiger partial charge on any atom is 0.245 e. The molecule has 1 unspecified atom stereocenters. The minimum absolute atomic E-state index is 0.114. The third-order valence-corrected chi connectivity index (χ3v) is 5.67. The normalized spacial score (nSPS) is 23.7. The summed E-state index contributed by atoms with van der Waals surface area (Å²) in [5.74, 6) is 1.40. The zero-order valence-corrected chi connectivity index (χ0v) is 14.3. The van der Waals surface area contributed by atoms with E-state index in [-0.39, 0.29) is 12.5 Å². The lowest BCUT2D eigenvalue weighted by Gasteiger charge is -2.24. The quantitative estimate of drug-likeness (QED) is 0.799. The highest BCUT2D eigenvalue weighted by atomic mass is 32.2. The molecule has 2 heterocycles. The predicted molar refractivity (Wildman–Crippen MR) is 81.9 cm³/mol. The highest BCUT2D eigenvalue weighted by Crippen LogP contribution is 2.34. The molecule has 0 aromatic carbocycles. The maximum absolute atomic E-state index is 12.3. The van der Waals surface area contributed by atoms with Gasteiger partial charge < -0.3 is 9.42 Å². The molecule has 0 radical (unpaired) electrons. The third-order valence-electron chi connectivity index (χ3n) is 4.38. The van der Waals surface area contributed by atoms with Crippen molar-refractivity contribution in [3.8, 4) is 0 Å². The molecule has 1 aromatic heterocycles. The number of rotatable bonds is 4. The minimum atomic E-state index is -3.43. The van der Waals surface area contributed by atoms with Gasteiger partial charge in [-0.2, -0.15) is 9.29 Å². The number of aromatic nitrogens is 2. The van der Waals surface area contributed by atoms with Crippen molar-refractivity contribution >= 4 is 15.9 Å². The SMILES string of the molecule is Cc1noc(C2CCN(C(=O)CC3CC3)CCN2S(C)(=O)=O)n1. The van der Waals surface area contributed by atoms with Gasteiger partial charge in [0.25, 0.3) is 0 Å². The molecule has 1 aliphatic carbocycles. The van der Waals surface area contributed by atoms with Crippen LogP contribution in [0.2, 0.25) is 0 Å². The van der Waals surface area contributed by atoms with Crippen LogP contribution in [0.1, 0.15) is 43.4 Å². The molecule has 0 spiro atoms. The fourth-order valence-electron chi connectivity index (χ4n) is 2.95. The third kappa shape index (κ3) is 3.89. The monoisotopic (exact) mass is 342 g/mol. The number of nitrogens with zero attached hydrogens (tertiary/aromatic N) is 4. The van der Waals surface area contributed by atoms with Crippen LogP contribution < -0.4 is 0 Å². The fraction of sp³-hybridized carbons (Fsp3) is 0.786. The van der Waals surface area contributed by atoms with E-state index in [1.54, 1.807) is 11.8 Å². The first-order valence-corrected chi connectivity index (χ1v) is 9.74. The molecule has 1 aliphatic heterocycles.